The molecule has 0 aliphatic heterocycles. The zero-order chi connectivity index (χ0) is 13.6. The summed E-state index contributed by atoms with van der Waals surface area (Å²) in [5, 5.41) is 2.61. The minimum Gasteiger partial charge on any atom is -0.350 e. The lowest BCUT2D eigenvalue weighted by Crippen LogP contribution is -2.32. The molecule has 0 saturated carbocycles. The van der Waals surface area contributed by atoms with Gasteiger partial charge in [0.25, 0.3) is 5.91 Å². The Hall–Kier alpha value is -1.31. The molecule has 0 spiro atoms. The van der Waals surface area contributed by atoms with E-state index in [9.17, 15) is 4.79 Å². The number of nitrogens with one attached hydrogen (secondary N) is 1. The Balaban J connectivity index is 2.69. The van der Waals surface area contributed by atoms with Crippen molar-refractivity contribution < 1.29 is 8.91 Å². The fraction of sp³-hybridized carbons (Fsp3) is 0.462. The predicted octanol–water partition coefficient (Wildman–Crippen LogP) is 3.00. The van der Waals surface area contributed by atoms with E-state index >= 15 is 0 Å². The Morgan fingerprint density at radius 2 is 2.20 bits per heavy atom. The Bertz CT molecular complexity index is 376. The van der Waals surface area contributed by atoms with Crippen LogP contribution < -0.4 is 5.32 Å². The van der Waals surface area contributed by atoms with Crippen LogP contribution in [0.25, 0.3) is 0 Å². The summed E-state index contributed by atoms with van der Waals surface area (Å²) in [6.07, 6.45) is 2.18. The molecule has 0 aliphatic rings. The quantitative estimate of drug-likeness (QED) is 0.792. The number of carbonyl (C=O) groups excluding carboxylic acids is 1. The minimum atomic E-state index is -2.15. The maximum atomic E-state index is 11.9. The highest BCUT2D eigenvalue weighted by Gasteiger charge is 2.07. The molecule has 0 bridgehead atoms. The van der Waals surface area contributed by atoms with Crippen LogP contribution in [0.1, 0.15) is 47.5 Å². The van der Waals surface area contributed by atoms with Gasteiger partial charge >= 0.3 is 0 Å². The van der Waals surface area contributed by atoms with E-state index in [1.807, 2.05) is 13.0 Å². The maximum Gasteiger partial charge on any atom is 0.251 e. The highest BCUT2D eigenvalue weighted by Crippen LogP contribution is 2.02. The van der Waals surface area contributed by atoms with Gasteiger partial charge in [0, 0.05) is 15.7 Å². The van der Waals surface area contributed by atoms with E-state index in [1.165, 1.54) is 0 Å². The Morgan fingerprint density at radius 1 is 1.47 bits per heavy atom. The molecule has 0 unspecified atom stereocenters. The van der Waals surface area contributed by atoms with Crippen molar-refractivity contribution >= 4 is 5.91 Å². The summed E-state index contributed by atoms with van der Waals surface area (Å²) in [5.41, 5.74) is 0.489. The normalized spacial score (nSPS) is 15.9. The topological polar surface area (TPSA) is 29.1 Å². The zero-order valence-electron chi connectivity index (χ0n) is 12.0. The van der Waals surface area contributed by atoms with Crippen LogP contribution in [0, 0.1) is 0 Å². The molecule has 1 N–H and O–H groups in total. The van der Waals surface area contributed by atoms with Gasteiger partial charge in [-0.25, -0.2) is 0 Å². The van der Waals surface area contributed by atoms with E-state index in [2.05, 4.69) is 5.32 Å². The molecular formula is C13H19NO. The highest BCUT2D eigenvalue weighted by molar-refractivity contribution is 5.94. The van der Waals surface area contributed by atoms with Crippen LogP contribution in [-0.2, 0) is 0 Å². The summed E-state index contributed by atoms with van der Waals surface area (Å²) in [6, 6.07) is 7.90. The third-order valence-corrected chi connectivity index (χ3v) is 2.19. The number of hydrogen-bond acceptors (Lipinski definition) is 1. The molecule has 1 atom stereocenters. The van der Waals surface area contributed by atoms with Crippen LogP contribution in [0.2, 0.25) is 0 Å². The van der Waals surface area contributed by atoms with E-state index in [-0.39, 0.29) is 5.91 Å². The second-order valence-corrected chi connectivity index (χ2v) is 3.53. The largest absolute Gasteiger partial charge is 0.350 e. The first kappa shape index (κ1) is 7.91. The molecule has 1 rings (SSSR count). The predicted molar refractivity (Wildman–Crippen MR) is 62.9 cm³/mol. The van der Waals surface area contributed by atoms with Crippen molar-refractivity contribution in [2.75, 3.05) is 0 Å². The lowest BCUT2D eigenvalue weighted by Gasteiger charge is -2.13. The summed E-state index contributed by atoms with van der Waals surface area (Å²) < 4.78 is 22.3. The van der Waals surface area contributed by atoms with Crippen molar-refractivity contribution in [1.29, 1.82) is 0 Å². The SMILES string of the molecule is [2H]C([2H])([2H])[C@H](CCCC)NC(=O)c1ccccc1. The van der Waals surface area contributed by atoms with Crippen molar-refractivity contribution in [3.8, 4) is 0 Å². The van der Waals surface area contributed by atoms with Crippen LogP contribution in [0.4, 0.5) is 0 Å². The summed E-state index contributed by atoms with van der Waals surface area (Å²) in [6.45, 7) is -0.158. The number of unbranched alkanes of at least 4 members (excludes halogenated alkanes) is 1. The van der Waals surface area contributed by atoms with Gasteiger partial charge in [-0.3, -0.25) is 4.79 Å². The molecule has 0 saturated heterocycles. The van der Waals surface area contributed by atoms with Gasteiger partial charge < -0.3 is 5.32 Å². The fourth-order valence-electron chi connectivity index (χ4n) is 1.31. The van der Waals surface area contributed by atoms with Gasteiger partial charge in [0.1, 0.15) is 0 Å². The lowest BCUT2D eigenvalue weighted by atomic mass is 10.1. The second kappa shape index (κ2) is 6.23. The van der Waals surface area contributed by atoms with Gasteiger partial charge in [-0.05, 0) is 25.4 Å². The number of benzene rings is 1. The van der Waals surface area contributed by atoms with E-state index in [0.717, 1.165) is 12.8 Å². The average Bonchev–Trinajstić information content (AvgIpc) is 2.34. The smallest absolute Gasteiger partial charge is 0.251 e. The molecule has 15 heavy (non-hydrogen) atoms. The molecule has 2 heteroatoms. The summed E-state index contributed by atoms with van der Waals surface area (Å²) in [5.74, 6) is -0.326. The maximum absolute atomic E-state index is 11.9. The number of carbonyl (C=O) groups is 1. The summed E-state index contributed by atoms with van der Waals surface area (Å²) >= 11 is 0. The minimum absolute atomic E-state index is 0.326. The average molecular weight is 208 g/mol. The molecular weight excluding hydrogens is 186 g/mol. The van der Waals surface area contributed by atoms with E-state index in [1.54, 1.807) is 24.3 Å². The molecule has 1 aromatic carbocycles. The Kier molecular flexibility index (Phi) is 3.28. The summed E-state index contributed by atoms with van der Waals surface area (Å²) in [4.78, 5) is 11.9. The molecule has 0 aromatic heterocycles. The van der Waals surface area contributed by atoms with E-state index in [0.29, 0.717) is 12.0 Å². The first-order valence-electron chi connectivity index (χ1n) is 6.81. The number of hydrogen-bond donors (Lipinski definition) is 1. The van der Waals surface area contributed by atoms with Gasteiger partial charge in [-0.2, -0.15) is 0 Å². The van der Waals surface area contributed by atoms with Gasteiger partial charge in [0.2, 0.25) is 0 Å². The van der Waals surface area contributed by atoms with Crippen LogP contribution in [0.5, 0.6) is 0 Å². The number of amides is 1. The van der Waals surface area contributed by atoms with Crippen LogP contribution >= 0.6 is 0 Å². The third kappa shape index (κ3) is 4.15. The molecule has 0 fully saturated rings. The molecule has 1 amide bonds. The Labute approximate surface area is 95.9 Å². The van der Waals surface area contributed by atoms with Crippen molar-refractivity contribution in [3.63, 3.8) is 0 Å². The molecule has 0 heterocycles. The first-order valence-corrected chi connectivity index (χ1v) is 5.31. The van der Waals surface area contributed by atoms with Gasteiger partial charge in [0.05, 0.1) is 0 Å². The van der Waals surface area contributed by atoms with Gasteiger partial charge in [-0.15, -0.1) is 0 Å². The molecule has 1 aromatic rings. The lowest BCUT2D eigenvalue weighted by molar-refractivity contribution is 0.0938. The third-order valence-electron chi connectivity index (χ3n) is 2.19. The summed E-state index contributed by atoms with van der Waals surface area (Å²) in [7, 11) is 0. The standard InChI is InChI=1S/C13H19NO/c1-3-4-8-11(2)14-13(15)12-9-6-5-7-10-12/h5-7,9-11H,3-4,8H2,1-2H3,(H,14,15)/t11-/m1/s1/i2D3. The van der Waals surface area contributed by atoms with Crippen molar-refractivity contribution in [3.05, 3.63) is 35.9 Å². The molecule has 82 valence electrons. The monoisotopic (exact) mass is 208 g/mol. The molecule has 0 radical (unpaired) electrons. The van der Waals surface area contributed by atoms with Crippen LogP contribution in [0.15, 0.2) is 30.3 Å². The fourth-order valence-corrected chi connectivity index (χ4v) is 1.31. The zero-order valence-corrected chi connectivity index (χ0v) is 8.99. The number of rotatable bonds is 5. The van der Waals surface area contributed by atoms with Crippen molar-refractivity contribution in [1.82, 2.24) is 5.32 Å². The molecule has 2 nitrogen and oxygen atoms in total. The van der Waals surface area contributed by atoms with Gasteiger partial charge in [-0.1, -0.05) is 38.0 Å². The van der Waals surface area contributed by atoms with Crippen molar-refractivity contribution in [2.24, 2.45) is 0 Å². The Morgan fingerprint density at radius 3 is 2.80 bits per heavy atom. The second-order valence-electron chi connectivity index (χ2n) is 3.53. The molecule has 0 aliphatic carbocycles. The van der Waals surface area contributed by atoms with Crippen LogP contribution in [0.3, 0.4) is 0 Å². The van der Waals surface area contributed by atoms with Crippen LogP contribution in [-0.4, -0.2) is 11.9 Å². The van der Waals surface area contributed by atoms with Crippen molar-refractivity contribution in [2.45, 2.75) is 39.1 Å². The van der Waals surface area contributed by atoms with Gasteiger partial charge in [0.15, 0.2) is 0 Å². The highest BCUT2D eigenvalue weighted by atomic mass is 16.1. The van der Waals surface area contributed by atoms with E-state index in [4.69, 9.17) is 4.11 Å². The van der Waals surface area contributed by atoms with E-state index < -0.39 is 12.9 Å². The first-order chi connectivity index (χ1) is 8.45.